The third-order valence-corrected chi connectivity index (χ3v) is 6.87. The number of amides is 2. The van der Waals surface area contributed by atoms with Gasteiger partial charge in [0.2, 0.25) is 5.91 Å². The second-order valence-corrected chi connectivity index (χ2v) is 9.20. The number of rotatable bonds is 5. The number of hydrogen-bond donors (Lipinski definition) is 0. The molecule has 0 spiro atoms. The fraction of sp³-hybridized carbons (Fsp3) is 0.727. The summed E-state index contributed by atoms with van der Waals surface area (Å²) in [5, 5.41) is 0. The van der Waals surface area contributed by atoms with Crippen molar-refractivity contribution in [3.05, 3.63) is 23.8 Å². The van der Waals surface area contributed by atoms with Crippen LogP contribution in [0.25, 0.3) is 0 Å². The fourth-order valence-electron chi connectivity index (χ4n) is 5.36. The maximum Gasteiger partial charge on any atom is 0.274 e. The van der Waals surface area contributed by atoms with Gasteiger partial charge in [-0.25, -0.2) is 4.98 Å². The highest BCUT2D eigenvalue weighted by atomic mass is 16.5. The number of hydrogen-bond acceptors (Lipinski definition) is 5. The van der Waals surface area contributed by atoms with E-state index < -0.39 is 5.41 Å². The van der Waals surface area contributed by atoms with Gasteiger partial charge in [-0.05, 0) is 44.9 Å². The van der Waals surface area contributed by atoms with Crippen LogP contribution in [0.5, 0.6) is 0 Å². The molecule has 3 aliphatic rings. The molecule has 4 heterocycles. The van der Waals surface area contributed by atoms with Crippen molar-refractivity contribution in [2.75, 3.05) is 26.3 Å². The van der Waals surface area contributed by atoms with Gasteiger partial charge in [-0.15, -0.1) is 0 Å². The van der Waals surface area contributed by atoms with Gasteiger partial charge in [-0.1, -0.05) is 13.8 Å². The minimum absolute atomic E-state index is 0.0443. The highest BCUT2D eigenvalue weighted by Gasteiger charge is 2.61. The molecule has 158 valence electrons. The van der Waals surface area contributed by atoms with E-state index in [0.29, 0.717) is 37.9 Å². The lowest BCUT2D eigenvalue weighted by Crippen LogP contribution is -2.54. The molecule has 0 aliphatic carbocycles. The molecule has 2 bridgehead atoms. The zero-order chi connectivity index (χ0) is 20.6. The Balaban J connectivity index is 1.63. The molecule has 1 aromatic heterocycles. The van der Waals surface area contributed by atoms with E-state index in [1.807, 2.05) is 16.7 Å². The zero-order valence-corrected chi connectivity index (χ0v) is 17.8. The highest BCUT2D eigenvalue weighted by molar-refractivity contribution is 5.94. The van der Waals surface area contributed by atoms with Gasteiger partial charge < -0.3 is 14.5 Å². The number of aromatic nitrogens is 2. The van der Waals surface area contributed by atoms with Crippen molar-refractivity contribution in [3.8, 4) is 0 Å². The van der Waals surface area contributed by atoms with E-state index in [0.717, 1.165) is 37.8 Å². The summed E-state index contributed by atoms with van der Waals surface area (Å²) < 4.78 is 5.46. The van der Waals surface area contributed by atoms with Crippen LogP contribution < -0.4 is 0 Å². The molecule has 3 aliphatic heterocycles. The lowest BCUT2D eigenvalue weighted by molar-refractivity contribution is -0.149. The first-order valence-electron chi connectivity index (χ1n) is 10.9. The number of aryl methyl sites for hydroxylation is 1. The van der Waals surface area contributed by atoms with Crippen LogP contribution in [-0.4, -0.2) is 70.0 Å². The van der Waals surface area contributed by atoms with Gasteiger partial charge in [0.15, 0.2) is 0 Å². The maximum atomic E-state index is 13.8. The first-order valence-corrected chi connectivity index (χ1v) is 10.9. The molecule has 3 atom stereocenters. The van der Waals surface area contributed by atoms with Gasteiger partial charge in [-0.2, -0.15) is 0 Å². The van der Waals surface area contributed by atoms with Crippen LogP contribution in [0.15, 0.2) is 12.4 Å². The Morgan fingerprint density at radius 2 is 1.97 bits per heavy atom. The van der Waals surface area contributed by atoms with Gasteiger partial charge in [0.25, 0.3) is 5.91 Å². The van der Waals surface area contributed by atoms with Crippen molar-refractivity contribution in [1.82, 2.24) is 19.8 Å². The highest BCUT2D eigenvalue weighted by Crippen LogP contribution is 2.54. The minimum Gasteiger partial charge on any atom is -0.378 e. The van der Waals surface area contributed by atoms with Crippen LogP contribution in [0.1, 0.15) is 62.1 Å². The quantitative estimate of drug-likeness (QED) is 0.759. The summed E-state index contributed by atoms with van der Waals surface area (Å²) in [6.07, 6.45) is 7.66. The number of ether oxygens (including phenoxy) is 1. The second kappa shape index (κ2) is 8.01. The average molecular weight is 401 g/mol. The third kappa shape index (κ3) is 3.65. The van der Waals surface area contributed by atoms with Crippen molar-refractivity contribution < 1.29 is 14.3 Å². The predicted molar refractivity (Wildman–Crippen MR) is 108 cm³/mol. The molecule has 0 unspecified atom stereocenters. The first-order chi connectivity index (χ1) is 13.9. The van der Waals surface area contributed by atoms with Crippen molar-refractivity contribution in [2.45, 2.75) is 65.0 Å². The molecular weight excluding hydrogens is 368 g/mol. The number of fused-ring (bicyclic) bond motifs is 2. The van der Waals surface area contributed by atoms with E-state index in [1.165, 1.54) is 0 Å². The summed E-state index contributed by atoms with van der Waals surface area (Å²) in [5.41, 5.74) is 0.698. The van der Waals surface area contributed by atoms with Crippen molar-refractivity contribution >= 4 is 11.8 Å². The molecule has 29 heavy (non-hydrogen) atoms. The van der Waals surface area contributed by atoms with Crippen molar-refractivity contribution in [2.24, 2.45) is 11.3 Å². The summed E-state index contributed by atoms with van der Waals surface area (Å²) in [7, 11) is 0. The Kier molecular flexibility index (Phi) is 5.60. The number of carbonyl (C=O) groups is 2. The number of carbonyl (C=O) groups excluding carboxylic acids is 2. The van der Waals surface area contributed by atoms with Crippen LogP contribution in [0.3, 0.4) is 0 Å². The van der Waals surface area contributed by atoms with Gasteiger partial charge in [0, 0.05) is 31.4 Å². The molecule has 0 saturated carbocycles. The van der Waals surface area contributed by atoms with E-state index in [4.69, 9.17) is 4.74 Å². The van der Waals surface area contributed by atoms with E-state index in [1.54, 1.807) is 12.4 Å². The third-order valence-electron chi connectivity index (χ3n) is 6.87. The smallest absolute Gasteiger partial charge is 0.274 e. The Bertz CT molecular complexity index is 760. The maximum absolute atomic E-state index is 13.8. The fourth-order valence-corrected chi connectivity index (χ4v) is 5.36. The molecule has 3 saturated heterocycles. The molecule has 0 N–H and O–H groups in total. The average Bonchev–Trinajstić information content (AvgIpc) is 3.29. The Morgan fingerprint density at radius 3 is 2.62 bits per heavy atom. The molecule has 7 nitrogen and oxygen atoms in total. The van der Waals surface area contributed by atoms with Crippen LogP contribution in [0.4, 0.5) is 0 Å². The van der Waals surface area contributed by atoms with E-state index in [2.05, 4.69) is 23.8 Å². The van der Waals surface area contributed by atoms with Crippen molar-refractivity contribution in [1.29, 1.82) is 0 Å². The minimum atomic E-state index is -0.474. The molecular formula is C22H32N4O3. The van der Waals surface area contributed by atoms with E-state index in [9.17, 15) is 9.59 Å². The Morgan fingerprint density at radius 1 is 1.21 bits per heavy atom. The number of morpholine rings is 1. The van der Waals surface area contributed by atoms with Crippen LogP contribution >= 0.6 is 0 Å². The zero-order valence-electron chi connectivity index (χ0n) is 17.8. The Hall–Kier alpha value is -2.02. The summed E-state index contributed by atoms with van der Waals surface area (Å²) in [6, 6.07) is 0.0740. The number of nitrogens with zero attached hydrogens (tertiary/aromatic N) is 4. The molecule has 1 aromatic rings. The van der Waals surface area contributed by atoms with E-state index in [-0.39, 0.29) is 23.9 Å². The van der Waals surface area contributed by atoms with Crippen LogP contribution in [-0.2, 0) is 9.53 Å². The standard InChI is InChI=1S/C22H32N4O3/c1-15(2)6-7-22(21(28)25-8-10-29-11-9-25)12-17-4-5-19(22)26(17)20(27)18-14-23-16(3)13-24-18/h13-15,17,19H,4-12H2,1-3H3/t17-,19+,22+/m1/s1. The summed E-state index contributed by atoms with van der Waals surface area (Å²) in [6.45, 7) is 8.76. The molecule has 4 rings (SSSR count). The topological polar surface area (TPSA) is 75.6 Å². The van der Waals surface area contributed by atoms with Crippen LogP contribution in [0, 0.1) is 18.3 Å². The molecule has 7 heteroatoms. The summed E-state index contributed by atoms with van der Waals surface area (Å²) in [5.74, 6) is 0.670. The summed E-state index contributed by atoms with van der Waals surface area (Å²) in [4.78, 5) is 39.6. The lowest BCUT2D eigenvalue weighted by Gasteiger charge is -2.41. The Labute approximate surface area is 172 Å². The predicted octanol–water partition coefficient (Wildman–Crippen LogP) is 2.44. The normalized spacial score (nSPS) is 29.0. The summed E-state index contributed by atoms with van der Waals surface area (Å²) >= 11 is 0. The van der Waals surface area contributed by atoms with Gasteiger partial charge in [0.05, 0.1) is 30.5 Å². The largest absolute Gasteiger partial charge is 0.378 e. The SMILES string of the molecule is Cc1cnc(C(=O)N2[C@@H]3CC[C@H]2[C@@](CCC(C)C)(C(=O)N2CCOCC2)C3)cn1. The van der Waals surface area contributed by atoms with Gasteiger partial charge in [0.1, 0.15) is 5.69 Å². The van der Waals surface area contributed by atoms with Gasteiger partial charge in [-0.3, -0.25) is 14.6 Å². The lowest BCUT2D eigenvalue weighted by atomic mass is 9.69. The first kappa shape index (κ1) is 20.3. The van der Waals surface area contributed by atoms with Gasteiger partial charge >= 0.3 is 0 Å². The molecule has 0 radical (unpaired) electrons. The van der Waals surface area contributed by atoms with Crippen molar-refractivity contribution in [3.63, 3.8) is 0 Å². The second-order valence-electron chi connectivity index (χ2n) is 9.20. The monoisotopic (exact) mass is 400 g/mol. The van der Waals surface area contributed by atoms with Crippen LogP contribution in [0.2, 0.25) is 0 Å². The molecule has 2 amide bonds. The molecule has 3 fully saturated rings. The molecule has 0 aromatic carbocycles. The van der Waals surface area contributed by atoms with E-state index >= 15 is 0 Å².